The average molecular weight is 655 g/mol. The standard InChI is InChI=1S/C30H34Cl3N3O5S/c1-5-20(3)34-30(38)26(6-2)35(18-23-24(32)13-10-14-25(23)33)29(37)19-36(27-17-21(31)15-16-28(27)41-4)42(39,40)22-11-8-7-9-12-22/h7-17,20,26H,5-6,18-19H2,1-4H3,(H,34,38)/t20-,26+/m1/s1. The second-order valence-electron chi connectivity index (χ2n) is 9.60. The first-order valence-corrected chi connectivity index (χ1v) is 16.0. The molecule has 0 saturated carbocycles. The number of hydrogen-bond donors (Lipinski definition) is 1. The number of sulfonamides is 1. The summed E-state index contributed by atoms with van der Waals surface area (Å²) in [7, 11) is -2.91. The molecule has 0 aliphatic heterocycles. The van der Waals surface area contributed by atoms with Gasteiger partial charge in [-0.2, -0.15) is 0 Å². The van der Waals surface area contributed by atoms with Gasteiger partial charge < -0.3 is 15.0 Å². The van der Waals surface area contributed by atoms with Crippen molar-refractivity contribution < 1.29 is 22.7 Å². The molecule has 8 nitrogen and oxygen atoms in total. The second-order valence-corrected chi connectivity index (χ2v) is 12.7. The van der Waals surface area contributed by atoms with Gasteiger partial charge in [0.1, 0.15) is 18.3 Å². The molecule has 0 heterocycles. The van der Waals surface area contributed by atoms with E-state index in [1.807, 2.05) is 13.8 Å². The Morgan fingerprint density at radius 2 is 1.57 bits per heavy atom. The topological polar surface area (TPSA) is 96.0 Å². The second kappa shape index (κ2) is 15.0. The van der Waals surface area contributed by atoms with E-state index in [-0.39, 0.29) is 46.3 Å². The van der Waals surface area contributed by atoms with Crippen LogP contribution in [0.15, 0.2) is 71.6 Å². The molecule has 0 aromatic heterocycles. The number of nitrogens with one attached hydrogen (secondary N) is 1. The van der Waals surface area contributed by atoms with E-state index in [0.717, 1.165) is 4.31 Å². The average Bonchev–Trinajstić information content (AvgIpc) is 2.97. The summed E-state index contributed by atoms with van der Waals surface area (Å²) in [4.78, 5) is 29.0. The van der Waals surface area contributed by atoms with Crippen molar-refractivity contribution in [2.24, 2.45) is 0 Å². The molecular weight excluding hydrogens is 621 g/mol. The lowest BCUT2D eigenvalue weighted by atomic mass is 10.1. The van der Waals surface area contributed by atoms with Crippen LogP contribution in [0.5, 0.6) is 5.75 Å². The molecule has 0 aliphatic rings. The summed E-state index contributed by atoms with van der Waals surface area (Å²) in [6, 6.07) is 16.1. The van der Waals surface area contributed by atoms with Gasteiger partial charge in [0.2, 0.25) is 11.8 Å². The number of carbonyl (C=O) groups is 2. The third-order valence-corrected chi connectivity index (χ3v) is 9.51. The highest BCUT2D eigenvalue weighted by Crippen LogP contribution is 2.35. The molecule has 0 fully saturated rings. The Bertz CT molecular complexity index is 1490. The number of hydrogen-bond acceptors (Lipinski definition) is 5. The Kier molecular flexibility index (Phi) is 11.9. The zero-order chi connectivity index (χ0) is 31.0. The van der Waals surface area contributed by atoms with Gasteiger partial charge in [-0.05, 0) is 62.2 Å². The number of methoxy groups -OCH3 is 1. The first-order valence-electron chi connectivity index (χ1n) is 13.4. The number of ether oxygens (including phenoxy) is 1. The molecule has 226 valence electrons. The first-order chi connectivity index (χ1) is 19.9. The fourth-order valence-corrected chi connectivity index (χ4v) is 6.43. The number of halogens is 3. The van der Waals surface area contributed by atoms with Crippen LogP contribution in [-0.2, 0) is 26.2 Å². The smallest absolute Gasteiger partial charge is 0.264 e. The highest BCUT2D eigenvalue weighted by atomic mass is 35.5. The molecule has 0 bridgehead atoms. The van der Waals surface area contributed by atoms with Crippen molar-refractivity contribution in [2.75, 3.05) is 18.0 Å². The lowest BCUT2D eigenvalue weighted by molar-refractivity contribution is -0.140. The van der Waals surface area contributed by atoms with Crippen molar-refractivity contribution in [3.05, 3.63) is 87.4 Å². The minimum atomic E-state index is -4.30. The van der Waals surface area contributed by atoms with Crippen molar-refractivity contribution in [2.45, 2.75) is 57.1 Å². The molecule has 3 aromatic rings. The van der Waals surface area contributed by atoms with Gasteiger partial charge >= 0.3 is 0 Å². The maximum atomic E-state index is 14.3. The molecular formula is C30H34Cl3N3O5S. The molecule has 3 aromatic carbocycles. The van der Waals surface area contributed by atoms with E-state index in [4.69, 9.17) is 39.5 Å². The number of anilines is 1. The summed E-state index contributed by atoms with van der Waals surface area (Å²) in [6.45, 7) is 4.77. The third kappa shape index (κ3) is 7.89. The van der Waals surface area contributed by atoms with Crippen LogP contribution < -0.4 is 14.4 Å². The fraction of sp³-hybridized carbons (Fsp3) is 0.333. The number of nitrogens with zero attached hydrogens (tertiary/aromatic N) is 2. The largest absolute Gasteiger partial charge is 0.495 e. The predicted molar refractivity (Wildman–Crippen MR) is 168 cm³/mol. The summed E-state index contributed by atoms with van der Waals surface area (Å²) in [5.41, 5.74) is 0.497. The molecule has 0 saturated heterocycles. The summed E-state index contributed by atoms with van der Waals surface area (Å²) < 4.78 is 34.5. The van der Waals surface area contributed by atoms with E-state index in [2.05, 4.69) is 5.32 Å². The minimum absolute atomic E-state index is 0.0397. The van der Waals surface area contributed by atoms with Crippen LogP contribution in [0.1, 0.15) is 39.2 Å². The zero-order valence-corrected chi connectivity index (χ0v) is 26.9. The summed E-state index contributed by atoms with van der Waals surface area (Å²) in [5.74, 6) is -0.839. The van der Waals surface area contributed by atoms with Crippen LogP contribution in [-0.4, -0.2) is 50.9 Å². The molecule has 2 atom stereocenters. The van der Waals surface area contributed by atoms with Crippen LogP contribution in [0.3, 0.4) is 0 Å². The Hall–Kier alpha value is -2.98. The molecule has 12 heteroatoms. The summed E-state index contributed by atoms with van der Waals surface area (Å²) >= 11 is 19.2. The molecule has 42 heavy (non-hydrogen) atoms. The van der Waals surface area contributed by atoms with Crippen LogP contribution >= 0.6 is 34.8 Å². The van der Waals surface area contributed by atoms with Gasteiger partial charge in [-0.25, -0.2) is 8.42 Å². The third-order valence-electron chi connectivity index (χ3n) is 6.80. The van der Waals surface area contributed by atoms with E-state index in [1.165, 1.54) is 36.3 Å². The molecule has 0 unspecified atom stereocenters. The summed E-state index contributed by atoms with van der Waals surface area (Å²) in [6.07, 6.45) is 0.937. The molecule has 2 amide bonds. The lowest BCUT2D eigenvalue weighted by Crippen LogP contribution is -2.53. The number of amides is 2. The maximum absolute atomic E-state index is 14.3. The van der Waals surface area contributed by atoms with Gasteiger partial charge in [0.05, 0.1) is 17.7 Å². The van der Waals surface area contributed by atoms with Crippen molar-refractivity contribution in [1.29, 1.82) is 0 Å². The van der Waals surface area contributed by atoms with E-state index >= 15 is 0 Å². The number of benzene rings is 3. The van der Waals surface area contributed by atoms with Crippen molar-refractivity contribution >= 4 is 62.3 Å². The Balaban J connectivity index is 2.16. The van der Waals surface area contributed by atoms with Gasteiger partial charge in [0.25, 0.3) is 10.0 Å². The molecule has 0 aliphatic carbocycles. The monoisotopic (exact) mass is 653 g/mol. The van der Waals surface area contributed by atoms with Crippen LogP contribution in [0.25, 0.3) is 0 Å². The van der Waals surface area contributed by atoms with Crippen LogP contribution in [0.4, 0.5) is 5.69 Å². The van der Waals surface area contributed by atoms with Gasteiger partial charge in [-0.3, -0.25) is 13.9 Å². The SMILES string of the molecule is CC[C@@H](C)NC(=O)[C@H](CC)N(Cc1c(Cl)cccc1Cl)C(=O)CN(c1cc(Cl)ccc1OC)S(=O)(=O)c1ccccc1. The van der Waals surface area contributed by atoms with Crippen molar-refractivity contribution in [3.63, 3.8) is 0 Å². The van der Waals surface area contributed by atoms with E-state index in [0.29, 0.717) is 22.0 Å². The number of rotatable bonds is 13. The van der Waals surface area contributed by atoms with Gasteiger partial charge in [-0.15, -0.1) is 0 Å². The highest BCUT2D eigenvalue weighted by Gasteiger charge is 2.35. The van der Waals surface area contributed by atoms with Gasteiger partial charge in [-0.1, -0.05) is 72.9 Å². The quantitative estimate of drug-likeness (QED) is 0.225. The molecule has 3 rings (SSSR count). The first kappa shape index (κ1) is 33.5. The van der Waals surface area contributed by atoms with E-state index < -0.39 is 28.5 Å². The molecule has 0 radical (unpaired) electrons. The predicted octanol–water partition coefficient (Wildman–Crippen LogP) is 6.57. The zero-order valence-electron chi connectivity index (χ0n) is 23.8. The Labute approximate surface area is 262 Å². The minimum Gasteiger partial charge on any atom is -0.495 e. The number of carbonyl (C=O) groups excluding carboxylic acids is 2. The lowest BCUT2D eigenvalue weighted by Gasteiger charge is -2.34. The van der Waals surface area contributed by atoms with E-state index in [9.17, 15) is 18.0 Å². The highest BCUT2D eigenvalue weighted by molar-refractivity contribution is 7.92. The van der Waals surface area contributed by atoms with Crippen LogP contribution in [0.2, 0.25) is 15.1 Å². The van der Waals surface area contributed by atoms with Crippen molar-refractivity contribution in [3.8, 4) is 5.75 Å². The molecule has 1 N–H and O–H groups in total. The van der Waals surface area contributed by atoms with Gasteiger partial charge in [0.15, 0.2) is 0 Å². The fourth-order valence-electron chi connectivity index (χ4n) is 4.31. The summed E-state index contributed by atoms with van der Waals surface area (Å²) in [5, 5.41) is 3.79. The van der Waals surface area contributed by atoms with E-state index in [1.54, 1.807) is 49.4 Å². The Morgan fingerprint density at radius 1 is 0.929 bits per heavy atom. The van der Waals surface area contributed by atoms with Gasteiger partial charge in [0, 0.05) is 33.2 Å². The Morgan fingerprint density at radius 3 is 2.14 bits per heavy atom. The maximum Gasteiger partial charge on any atom is 0.264 e. The molecule has 0 spiro atoms. The normalized spacial score (nSPS) is 12.7. The van der Waals surface area contributed by atoms with Crippen molar-refractivity contribution in [1.82, 2.24) is 10.2 Å². The van der Waals surface area contributed by atoms with Crippen LogP contribution in [0, 0.1) is 0 Å².